The molecule has 1 fully saturated rings. The SMILES string of the molecule is O=C1NCCNC1=O. The highest BCUT2D eigenvalue weighted by Crippen LogP contribution is 1.73. The van der Waals surface area contributed by atoms with Gasteiger partial charge < -0.3 is 10.6 Å². The molecule has 8 heavy (non-hydrogen) atoms. The van der Waals surface area contributed by atoms with Crippen molar-refractivity contribution >= 4 is 11.8 Å². The van der Waals surface area contributed by atoms with Crippen LogP contribution in [0.1, 0.15) is 0 Å². The summed E-state index contributed by atoms with van der Waals surface area (Å²) in [5.41, 5.74) is 0. The minimum atomic E-state index is -0.531. The predicted molar refractivity (Wildman–Crippen MR) is 26.0 cm³/mol. The minimum Gasteiger partial charge on any atom is -0.346 e. The van der Waals surface area contributed by atoms with Gasteiger partial charge in [0, 0.05) is 13.1 Å². The lowest BCUT2D eigenvalue weighted by atomic mass is 10.4. The van der Waals surface area contributed by atoms with E-state index < -0.39 is 11.8 Å². The first kappa shape index (κ1) is 5.08. The van der Waals surface area contributed by atoms with Crippen LogP contribution in [0.15, 0.2) is 0 Å². The van der Waals surface area contributed by atoms with E-state index >= 15 is 0 Å². The van der Waals surface area contributed by atoms with Gasteiger partial charge in [-0.1, -0.05) is 0 Å². The zero-order chi connectivity index (χ0) is 5.98. The van der Waals surface area contributed by atoms with Gasteiger partial charge in [-0.25, -0.2) is 0 Å². The average Bonchev–Trinajstić information content (AvgIpc) is 1.77. The first-order valence-corrected chi connectivity index (χ1v) is 2.37. The summed E-state index contributed by atoms with van der Waals surface area (Å²) in [5.74, 6) is -1.06. The van der Waals surface area contributed by atoms with Crippen molar-refractivity contribution in [2.75, 3.05) is 13.1 Å². The summed E-state index contributed by atoms with van der Waals surface area (Å²) in [6.45, 7) is 1.09. The Labute approximate surface area is 46.3 Å². The number of hydrogen-bond acceptors (Lipinski definition) is 2. The van der Waals surface area contributed by atoms with Crippen LogP contribution in [0.3, 0.4) is 0 Å². The lowest BCUT2D eigenvalue weighted by Gasteiger charge is -2.10. The van der Waals surface area contributed by atoms with E-state index in [1.165, 1.54) is 0 Å². The Kier molecular flexibility index (Phi) is 1.15. The molecule has 1 aliphatic rings. The van der Waals surface area contributed by atoms with Crippen LogP contribution >= 0.6 is 0 Å². The Balaban J connectivity index is 2.52. The van der Waals surface area contributed by atoms with E-state index in [1.807, 2.05) is 0 Å². The Morgan fingerprint density at radius 2 is 1.38 bits per heavy atom. The smallest absolute Gasteiger partial charge is 0.309 e. The molecule has 0 spiro atoms. The molecule has 2 N–H and O–H groups in total. The van der Waals surface area contributed by atoms with Gasteiger partial charge in [0.1, 0.15) is 0 Å². The Bertz CT molecular complexity index is 116. The lowest BCUT2D eigenvalue weighted by molar-refractivity contribution is -0.140. The molecule has 0 atom stereocenters. The fourth-order valence-corrected chi connectivity index (χ4v) is 0.513. The molecule has 1 heterocycles. The van der Waals surface area contributed by atoms with Gasteiger partial charge in [-0.05, 0) is 0 Å². The highest BCUT2D eigenvalue weighted by Gasteiger charge is 2.15. The van der Waals surface area contributed by atoms with Crippen LogP contribution < -0.4 is 10.6 Å². The largest absolute Gasteiger partial charge is 0.346 e. The molecule has 0 aromatic carbocycles. The van der Waals surface area contributed by atoms with Crippen molar-refractivity contribution in [2.24, 2.45) is 0 Å². The fourth-order valence-electron chi connectivity index (χ4n) is 0.513. The van der Waals surface area contributed by atoms with Crippen molar-refractivity contribution < 1.29 is 9.59 Å². The van der Waals surface area contributed by atoms with Crippen LogP contribution in [0, 0.1) is 0 Å². The van der Waals surface area contributed by atoms with Crippen molar-refractivity contribution in [1.29, 1.82) is 0 Å². The maximum absolute atomic E-state index is 10.3. The van der Waals surface area contributed by atoms with E-state index in [2.05, 4.69) is 10.6 Å². The zero-order valence-electron chi connectivity index (χ0n) is 4.23. The summed E-state index contributed by atoms with van der Waals surface area (Å²) in [5, 5.41) is 4.76. The molecular weight excluding hydrogens is 108 g/mol. The predicted octanol–water partition coefficient (Wildman–Crippen LogP) is -1.77. The molecule has 0 saturated carbocycles. The first-order valence-electron chi connectivity index (χ1n) is 2.37. The molecule has 1 saturated heterocycles. The summed E-state index contributed by atoms with van der Waals surface area (Å²) in [6, 6.07) is 0. The lowest BCUT2D eigenvalue weighted by Crippen LogP contribution is -2.49. The summed E-state index contributed by atoms with van der Waals surface area (Å²) in [6.07, 6.45) is 0. The second kappa shape index (κ2) is 1.81. The molecule has 0 aromatic rings. The second-order valence-corrected chi connectivity index (χ2v) is 1.51. The number of hydrogen-bond donors (Lipinski definition) is 2. The maximum Gasteiger partial charge on any atom is 0.309 e. The maximum atomic E-state index is 10.3. The normalized spacial score (nSPS) is 19.5. The topological polar surface area (TPSA) is 58.2 Å². The van der Waals surface area contributed by atoms with Gasteiger partial charge in [-0.2, -0.15) is 0 Å². The van der Waals surface area contributed by atoms with Crippen molar-refractivity contribution in [2.45, 2.75) is 0 Å². The van der Waals surface area contributed by atoms with Crippen molar-refractivity contribution in [3.8, 4) is 0 Å². The van der Waals surface area contributed by atoms with Crippen molar-refractivity contribution in [3.63, 3.8) is 0 Å². The molecule has 4 nitrogen and oxygen atoms in total. The average molecular weight is 114 g/mol. The first-order chi connectivity index (χ1) is 3.80. The third kappa shape index (κ3) is 0.776. The summed E-state index contributed by atoms with van der Waals surface area (Å²) < 4.78 is 0. The molecule has 44 valence electrons. The van der Waals surface area contributed by atoms with E-state index in [-0.39, 0.29) is 0 Å². The summed E-state index contributed by atoms with van der Waals surface area (Å²) in [7, 11) is 0. The van der Waals surface area contributed by atoms with Crippen LogP contribution in [0.25, 0.3) is 0 Å². The fraction of sp³-hybridized carbons (Fsp3) is 0.500. The molecule has 1 aliphatic heterocycles. The second-order valence-electron chi connectivity index (χ2n) is 1.51. The van der Waals surface area contributed by atoms with Gasteiger partial charge >= 0.3 is 11.8 Å². The van der Waals surface area contributed by atoms with Gasteiger partial charge in [0.15, 0.2) is 0 Å². The van der Waals surface area contributed by atoms with Crippen LogP contribution in [0.5, 0.6) is 0 Å². The molecule has 0 aromatic heterocycles. The number of carbonyl (C=O) groups excluding carboxylic acids is 2. The van der Waals surface area contributed by atoms with Crippen LogP contribution in [-0.2, 0) is 9.59 Å². The molecule has 0 aliphatic carbocycles. The van der Waals surface area contributed by atoms with E-state index in [1.54, 1.807) is 0 Å². The Morgan fingerprint density at radius 3 is 1.62 bits per heavy atom. The van der Waals surface area contributed by atoms with Crippen LogP contribution in [0.2, 0.25) is 0 Å². The number of carbonyl (C=O) groups is 2. The molecule has 2 amide bonds. The van der Waals surface area contributed by atoms with Gasteiger partial charge in [-0.3, -0.25) is 9.59 Å². The Morgan fingerprint density at radius 1 is 1.00 bits per heavy atom. The zero-order valence-corrected chi connectivity index (χ0v) is 4.23. The van der Waals surface area contributed by atoms with Crippen LogP contribution in [-0.4, -0.2) is 24.9 Å². The number of nitrogens with one attached hydrogen (secondary N) is 2. The van der Waals surface area contributed by atoms with Crippen molar-refractivity contribution in [3.05, 3.63) is 0 Å². The van der Waals surface area contributed by atoms with E-state index in [9.17, 15) is 9.59 Å². The third-order valence-electron chi connectivity index (χ3n) is 0.902. The van der Waals surface area contributed by atoms with E-state index in [0.717, 1.165) is 0 Å². The monoisotopic (exact) mass is 114 g/mol. The molecule has 4 heteroatoms. The third-order valence-corrected chi connectivity index (χ3v) is 0.902. The van der Waals surface area contributed by atoms with E-state index in [4.69, 9.17) is 0 Å². The summed E-state index contributed by atoms with van der Waals surface area (Å²) in [4.78, 5) is 20.5. The summed E-state index contributed by atoms with van der Waals surface area (Å²) >= 11 is 0. The standard InChI is InChI=1S/C4H6N2O2/c7-3-4(8)6-2-1-5-3/h1-2H2,(H,5,7)(H,6,8). The highest BCUT2D eigenvalue weighted by atomic mass is 16.2. The highest BCUT2D eigenvalue weighted by molar-refractivity contribution is 6.35. The molecule has 0 bridgehead atoms. The van der Waals surface area contributed by atoms with Gasteiger partial charge in [0.2, 0.25) is 0 Å². The molecule has 1 rings (SSSR count). The molecular formula is C4H6N2O2. The number of amides is 2. The van der Waals surface area contributed by atoms with Gasteiger partial charge in [0.05, 0.1) is 0 Å². The molecule has 0 radical (unpaired) electrons. The van der Waals surface area contributed by atoms with Gasteiger partial charge in [0.25, 0.3) is 0 Å². The van der Waals surface area contributed by atoms with Crippen LogP contribution in [0.4, 0.5) is 0 Å². The Hall–Kier alpha value is -1.06. The quantitative estimate of drug-likeness (QED) is 0.366. The minimum absolute atomic E-state index is 0.531. The number of piperazine rings is 1. The van der Waals surface area contributed by atoms with Gasteiger partial charge in [-0.15, -0.1) is 0 Å². The number of rotatable bonds is 0. The van der Waals surface area contributed by atoms with E-state index in [0.29, 0.717) is 13.1 Å². The molecule has 0 unspecified atom stereocenters. The van der Waals surface area contributed by atoms with Crippen molar-refractivity contribution in [1.82, 2.24) is 10.6 Å².